The second kappa shape index (κ2) is 3.16. The van der Waals surface area contributed by atoms with Gasteiger partial charge in [0.05, 0.1) is 0 Å². The molecule has 10 heavy (non-hydrogen) atoms. The molecule has 0 amide bonds. The Morgan fingerprint density at radius 1 is 1.20 bits per heavy atom. The van der Waals surface area contributed by atoms with Crippen LogP contribution in [0.5, 0.6) is 0 Å². The van der Waals surface area contributed by atoms with Crippen molar-refractivity contribution in [3.63, 3.8) is 0 Å². The van der Waals surface area contributed by atoms with Gasteiger partial charge in [0.15, 0.2) is 0 Å². The normalized spacial score (nSPS) is 10.4. The minimum Gasteiger partial charge on any atom is -0.105 e. The van der Waals surface area contributed by atoms with Gasteiger partial charge in [0.1, 0.15) is 0 Å². The van der Waals surface area contributed by atoms with Crippen molar-refractivity contribution < 1.29 is 0 Å². The van der Waals surface area contributed by atoms with Crippen LogP contribution in [0.2, 0.25) is 0 Å². The van der Waals surface area contributed by atoms with Gasteiger partial charge in [0.2, 0.25) is 0 Å². The molecule has 0 aromatic heterocycles. The average Bonchev–Trinajstić information content (AvgIpc) is 1.88. The van der Waals surface area contributed by atoms with Crippen LogP contribution < -0.4 is 5.30 Å². The number of rotatable bonds is 1. The lowest BCUT2D eigenvalue weighted by Gasteiger charge is -2.07. The van der Waals surface area contributed by atoms with Crippen LogP contribution in [-0.2, 0) is 0 Å². The molecule has 0 N–H and O–H groups in total. The molecule has 0 nitrogen and oxygen atoms in total. The van der Waals surface area contributed by atoms with E-state index in [1.165, 1.54) is 10.9 Å². The summed E-state index contributed by atoms with van der Waals surface area (Å²) in [5, 5.41) is 1.32. The van der Waals surface area contributed by atoms with Gasteiger partial charge in [-0.3, -0.25) is 0 Å². The van der Waals surface area contributed by atoms with Crippen molar-refractivity contribution in [2.24, 2.45) is 0 Å². The molecule has 1 atom stereocenters. The van der Waals surface area contributed by atoms with Crippen LogP contribution in [-0.4, -0.2) is 0 Å². The first-order chi connectivity index (χ1) is 4.72. The fourth-order valence-corrected chi connectivity index (χ4v) is 1.58. The van der Waals surface area contributed by atoms with Gasteiger partial charge in [-0.1, -0.05) is 38.1 Å². The van der Waals surface area contributed by atoms with Crippen molar-refractivity contribution in [2.75, 3.05) is 0 Å². The van der Waals surface area contributed by atoms with Crippen molar-refractivity contribution in [2.45, 2.75) is 19.8 Å². The lowest BCUT2D eigenvalue weighted by Crippen LogP contribution is -2.01. The second-order valence-corrected chi connectivity index (χ2v) is 3.41. The molecule has 0 aliphatic heterocycles. The van der Waals surface area contributed by atoms with Crippen LogP contribution in [0, 0.1) is 0 Å². The van der Waals surface area contributed by atoms with Gasteiger partial charge in [0, 0.05) is 0 Å². The first kappa shape index (κ1) is 7.75. The zero-order chi connectivity index (χ0) is 7.56. The fraction of sp³-hybridized carbons (Fsp3) is 0.333. The highest BCUT2D eigenvalue weighted by Gasteiger charge is 1.99. The number of benzene rings is 1. The summed E-state index contributed by atoms with van der Waals surface area (Å²) in [5.41, 5.74) is 1.42. The Labute approximate surface area is 64.9 Å². The molecule has 1 heteroatoms. The smallest absolute Gasteiger partial charge is 0.0213 e. The van der Waals surface area contributed by atoms with E-state index in [4.69, 9.17) is 0 Å². The Hall–Kier alpha value is -0.350. The highest BCUT2D eigenvalue weighted by molar-refractivity contribution is 7.27. The van der Waals surface area contributed by atoms with E-state index in [2.05, 4.69) is 47.4 Å². The van der Waals surface area contributed by atoms with Gasteiger partial charge in [0.25, 0.3) is 0 Å². The van der Waals surface area contributed by atoms with E-state index in [0.29, 0.717) is 5.92 Å². The van der Waals surface area contributed by atoms with E-state index in [0.717, 1.165) is 0 Å². The molecule has 0 fully saturated rings. The molecule has 0 spiro atoms. The summed E-state index contributed by atoms with van der Waals surface area (Å²) in [6.07, 6.45) is 0. The van der Waals surface area contributed by atoms with Crippen molar-refractivity contribution in [1.82, 2.24) is 0 Å². The standard InChI is InChI=1S/C9H13P/c1-7(2)8-5-3-4-6-9(8)10/h3-7H,10H2,1-2H3. The summed E-state index contributed by atoms with van der Waals surface area (Å²) in [4.78, 5) is 0. The van der Waals surface area contributed by atoms with Crippen molar-refractivity contribution in [1.29, 1.82) is 0 Å². The van der Waals surface area contributed by atoms with Gasteiger partial charge in [-0.15, -0.1) is 9.24 Å². The van der Waals surface area contributed by atoms with E-state index in [-0.39, 0.29) is 0 Å². The van der Waals surface area contributed by atoms with Crippen molar-refractivity contribution in [3.8, 4) is 0 Å². The quantitative estimate of drug-likeness (QED) is 0.542. The third-order valence-electron chi connectivity index (χ3n) is 1.62. The van der Waals surface area contributed by atoms with Crippen LogP contribution in [0.25, 0.3) is 0 Å². The minimum atomic E-state index is 0.633. The molecule has 0 aliphatic rings. The van der Waals surface area contributed by atoms with Crippen LogP contribution in [0.15, 0.2) is 24.3 Å². The Balaban J connectivity index is 3.03. The number of hydrogen-bond donors (Lipinski definition) is 0. The SMILES string of the molecule is CC(C)c1ccccc1P. The van der Waals surface area contributed by atoms with Gasteiger partial charge in [-0.2, -0.15) is 0 Å². The minimum absolute atomic E-state index is 0.633. The van der Waals surface area contributed by atoms with Crippen molar-refractivity contribution in [3.05, 3.63) is 29.8 Å². The second-order valence-electron chi connectivity index (χ2n) is 2.78. The van der Waals surface area contributed by atoms with Crippen LogP contribution >= 0.6 is 9.24 Å². The van der Waals surface area contributed by atoms with Crippen molar-refractivity contribution >= 4 is 14.5 Å². The lowest BCUT2D eigenvalue weighted by molar-refractivity contribution is 0.874. The molecule has 1 aromatic carbocycles. The van der Waals surface area contributed by atoms with Gasteiger partial charge < -0.3 is 0 Å². The zero-order valence-electron chi connectivity index (χ0n) is 6.46. The summed E-state index contributed by atoms with van der Waals surface area (Å²) < 4.78 is 0. The molecular weight excluding hydrogens is 139 g/mol. The van der Waals surface area contributed by atoms with Crippen LogP contribution in [0.1, 0.15) is 25.3 Å². The van der Waals surface area contributed by atoms with E-state index in [9.17, 15) is 0 Å². The monoisotopic (exact) mass is 152 g/mol. The third kappa shape index (κ3) is 1.58. The first-order valence-electron chi connectivity index (χ1n) is 3.56. The maximum atomic E-state index is 2.76. The molecular formula is C9H13P. The highest BCUT2D eigenvalue weighted by Crippen LogP contribution is 2.12. The van der Waals surface area contributed by atoms with Crippen LogP contribution in [0.4, 0.5) is 0 Å². The molecule has 0 radical (unpaired) electrons. The molecule has 0 bridgehead atoms. The Bertz CT molecular complexity index is 216. The average molecular weight is 152 g/mol. The number of hydrogen-bond acceptors (Lipinski definition) is 0. The molecule has 1 unspecified atom stereocenters. The fourth-order valence-electron chi connectivity index (χ4n) is 1.04. The molecule has 0 heterocycles. The largest absolute Gasteiger partial charge is 0.105 e. The third-order valence-corrected chi connectivity index (χ3v) is 2.14. The maximum absolute atomic E-state index is 2.76. The summed E-state index contributed by atoms with van der Waals surface area (Å²) in [5.74, 6) is 0.633. The van der Waals surface area contributed by atoms with Crippen LogP contribution in [0.3, 0.4) is 0 Å². The van der Waals surface area contributed by atoms with Gasteiger partial charge in [-0.25, -0.2) is 0 Å². The maximum Gasteiger partial charge on any atom is -0.0213 e. The zero-order valence-corrected chi connectivity index (χ0v) is 7.62. The van der Waals surface area contributed by atoms with Gasteiger partial charge >= 0.3 is 0 Å². The predicted molar refractivity (Wildman–Crippen MR) is 49.9 cm³/mol. The molecule has 0 aliphatic carbocycles. The summed E-state index contributed by atoms with van der Waals surface area (Å²) in [7, 11) is 2.76. The highest BCUT2D eigenvalue weighted by atomic mass is 31.0. The molecule has 1 rings (SSSR count). The van der Waals surface area contributed by atoms with E-state index < -0.39 is 0 Å². The molecule has 0 saturated heterocycles. The topological polar surface area (TPSA) is 0 Å². The van der Waals surface area contributed by atoms with E-state index in [1.54, 1.807) is 0 Å². The van der Waals surface area contributed by atoms with E-state index in [1.807, 2.05) is 0 Å². The lowest BCUT2D eigenvalue weighted by atomic mass is 10.0. The summed E-state index contributed by atoms with van der Waals surface area (Å²) >= 11 is 0. The Morgan fingerprint density at radius 2 is 1.80 bits per heavy atom. The predicted octanol–water partition coefficient (Wildman–Crippen LogP) is 2.31. The Kier molecular flexibility index (Phi) is 2.45. The molecule has 54 valence electrons. The molecule has 0 saturated carbocycles. The van der Waals surface area contributed by atoms with E-state index >= 15 is 0 Å². The summed E-state index contributed by atoms with van der Waals surface area (Å²) in [6.45, 7) is 4.42. The Morgan fingerprint density at radius 3 is 2.20 bits per heavy atom. The molecule has 1 aromatic rings. The summed E-state index contributed by atoms with van der Waals surface area (Å²) in [6, 6.07) is 8.45. The first-order valence-corrected chi connectivity index (χ1v) is 4.14. The van der Waals surface area contributed by atoms with Gasteiger partial charge in [-0.05, 0) is 16.8 Å².